The number of Topliss-reactive ketones (excluding diaryl/α,β-unsaturated/α-hetero) is 2. The van der Waals surface area contributed by atoms with Crippen LogP contribution in [0, 0.1) is 0 Å². The summed E-state index contributed by atoms with van der Waals surface area (Å²) in [5.74, 6) is -1.74. The lowest BCUT2D eigenvalue weighted by Gasteiger charge is -2.27. The molecular formula is C25H32N4O8. The van der Waals surface area contributed by atoms with Crippen molar-refractivity contribution >= 4 is 29.7 Å². The minimum absolute atomic E-state index is 0.0315. The Hall–Kier alpha value is -4.22. The largest absolute Gasteiger partial charge is 0.449 e. The summed E-state index contributed by atoms with van der Waals surface area (Å²) in [5, 5.41) is 6.90. The van der Waals surface area contributed by atoms with Crippen LogP contribution in [0.3, 0.4) is 0 Å². The van der Waals surface area contributed by atoms with Gasteiger partial charge in [0.1, 0.15) is 23.7 Å². The van der Waals surface area contributed by atoms with Crippen LogP contribution >= 0.6 is 0 Å². The van der Waals surface area contributed by atoms with Gasteiger partial charge in [-0.05, 0) is 32.4 Å². The number of benzene rings is 1. The maximum absolute atomic E-state index is 12.7. The number of nitrogens with one attached hydrogen (secondary N) is 2. The van der Waals surface area contributed by atoms with Crippen LogP contribution < -0.4 is 5.43 Å². The zero-order chi connectivity index (χ0) is 27.4. The van der Waals surface area contributed by atoms with E-state index in [2.05, 4.69) is 15.6 Å². The van der Waals surface area contributed by atoms with Gasteiger partial charge in [0, 0.05) is 19.0 Å². The highest BCUT2D eigenvalue weighted by molar-refractivity contribution is 5.94. The summed E-state index contributed by atoms with van der Waals surface area (Å²) in [6.45, 7) is 6.23. The van der Waals surface area contributed by atoms with Gasteiger partial charge < -0.3 is 14.2 Å². The number of hydrazine groups is 1. The molecule has 2 aromatic rings. The fraction of sp³-hybridized carbons (Fsp3) is 0.440. The Kier molecular flexibility index (Phi) is 10.8. The van der Waals surface area contributed by atoms with Gasteiger partial charge in [-0.2, -0.15) is 5.10 Å². The van der Waals surface area contributed by atoms with E-state index in [1.807, 2.05) is 6.07 Å². The van der Waals surface area contributed by atoms with Crippen LogP contribution in [0.4, 0.5) is 9.59 Å². The van der Waals surface area contributed by atoms with Crippen molar-refractivity contribution in [3.8, 4) is 0 Å². The summed E-state index contributed by atoms with van der Waals surface area (Å²) in [4.78, 5) is 62.1. The second-order valence-corrected chi connectivity index (χ2v) is 8.98. The standard InChI is InChI=1S/C25H32N4O8/c1-5-20(31)21(36-22(32)19-11-13-26-27-19)15-18(30)12-14-29(24(34)37-25(2,3)4)28-23(33)35-16-17-9-7-6-8-10-17/h6-11,13,21H,5,12,14-16H2,1-4H3,(H,26,27)(H,28,33). The molecule has 12 heteroatoms. The molecule has 0 bridgehead atoms. The van der Waals surface area contributed by atoms with Crippen molar-refractivity contribution in [2.24, 2.45) is 0 Å². The van der Waals surface area contributed by atoms with E-state index in [9.17, 15) is 24.0 Å². The van der Waals surface area contributed by atoms with Crippen molar-refractivity contribution in [2.45, 2.75) is 65.3 Å². The van der Waals surface area contributed by atoms with Gasteiger partial charge in [-0.3, -0.25) is 14.7 Å². The first kappa shape index (κ1) is 29.0. The number of hydrogen-bond donors (Lipinski definition) is 2. The number of amides is 2. The highest BCUT2D eigenvalue weighted by atomic mass is 16.6. The molecule has 0 fully saturated rings. The number of aromatic amines is 1. The normalized spacial score (nSPS) is 11.7. The molecule has 2 rings (SSSR count). The van der Waals surface area contributed by atoms with E-state index < -0.39 is 47.8 Å². The summed E-state index contributed by atoms with van der Waals surface area (Å²) in [7, 11) is 0. The number of nitrogens with zero attached hydrogens (tertiary/aromatic N) is 2. The molecule has 1 unspecified atom stereocenters. The van der Waals surface area contributed by atoms with Crippen LogP contribution in [-0.4, -0.2) is 63.2 Å². The Balaban J connectivity index is 1.99. The van der Waals surface area contributed by atoms with Gasteiger partial charge in [-0.25, -0.2) is 24.8 Å². The van der Waals surface area contributed by atoms with Gasteiger partial charge in [0.05, 0.1) is 13.0 Å². The molecule has 12 nitrogen and oxygen atoms in total. The molecular weight excluding hydrogens is 484 g/mol. The number of carbonyl (C=O) groups excluding carboxylic acids is 5. The predicted octanol–water partition coefficient (Wildman–Crippen LogP) is 3.34. The van der Waals surface area contributed by atoms with Crippen molar-refractivity contribution in [1.82, 2.24) is 20.6 Å². The van der Waals surface area contributed by atoms with E-state index in [-0.39, 0.29) is 31.7 Å². The highest BCUT2D eigenvalue weighted by Crippen LogP contribution is 2.12. The monoisotopic (exact) mass is 516 g/mol. The molecule has 0 aliphatic carbocycles. The first-order chi connectivity index (χ1) is 17.5. The third-order valence-corrected chi connectivity index (χ3v) is 4.76. The lowest BCUT2D eigenvalue weighted by Crippen LogP contribution is -2.49. The van der Waals surface area contributed by atoms with Crippen LogP contribution in [0.5, 0.6) is 0 Å². The van der Waals surface area contributed by atoms with E-state index in [1.54, 1.807) is 52.0 Å². The Bertz CT molecular complexity index is 1060. The third-order valence-electron chi connectivity index (χ3n) is 4.76. The number of carbonyl (C=O) groups is 5. The summed E-state index contributed by atoms with van der Waals surface area (Å²) in [5.41, 5.74) is 2.20. The quantitative estimate of drug-likeness (QED) is 0.260. The van der Waals surface area contributed by atoms with Crippen molar-refractivity contribution in [2.75, 3.05) is 6.54 Å². The van der Waals surface area contributed by atoms with E-state index >= 15 is 0 Å². The lowest BCUT2D eigenvalue weighted by atomic mass is 10.1. The number of H-pyrrole nitrogens is 1. The molecule has 0 saturated carbocycles. The van der Waals surface area contributed by atoms with Crippen molar-refractivity contribution in [3.05, 3.63) is 53.9 Å². The Labute approximate surface area is 214 Å². The van der Waals surface area contributed by atoms with E-state index in [0.29, 0.717) is 0 Å². The van der Waals surface area contributed by atoms with Gasteiger partial charge in [0.15, 0.2) is 11.9 Å². The second kappa shape index (κ2) is 13.8. The first-order valence-electron chi connectivity index (χ1n) is 11.7. The lowest BCUT2D eigenvalue weighted by molar-refractivity contribution is -0.132. The molecule has 0 saturated heterocycles. The smallest absolute Gasteiger partial charge is 0.429 e. The second-order valence-electron chi connectivity index (χ2n) is 8.98. The average molecular weight is 517 g/mol. The molecule has 0 spiro atoms. The number of aromatic nitrogens is 2. The van der Waals surface area contributed by atoms with Crippen LogP contribution in [0.15, 0.2) is 42.6 Å². The Morgan fingerprint density at radius 1 is 1.08 bits per heavy atom. The molecule has 37 heavy (non-hydrogen) atoms. The summed E-state index contributed by atoms with van der Waals surface area (Å²) >= 11 is 0. The van der Waals surface area contributed by atoms with E-state index in [0.717, 1.165) is 10.6 Å². The maximum Gasteiger partial charge on any atom is 0.429 e. The number of esters is 1. The Morgan fingerprint density at radius 3 is 2.38 bits per heavy atom. The van der Waals surface area contributed by atoms with Crippen LogP contribution in [0.1, 0.15) is 63.0 Å². The van der Waals surface area contributed by atoms with Crippen molar-refractivity contribution < 1.29 is 38.2 Å². The van der Waals surface area contributed by atoms with Crippen LogP contribution in [0.2, 0.25) is 0 Å². The SMILES string of the molecule is CCC(=O)C(CC(=O)CCN(NC(=O)OCc1ccccc1)C(=O)OC(C)(C)C)OC(=O)c1ccn[nH]1. The van der Waals surface area contributed by atoms with Crippen molar-refractivity contribution in [1.29, 1.82) is 0 Å². The number of hydrogen-bond acceptors (Lipinski definition) is 9. The molecule has 0 radical (unpaired) electrons. The van der Waals surface area contributed by atoms with Gasteiger partial charge in [0.25, 0.3) is 0 Å². The van der Waals surface area contributed by atoms with Crippen LogP contribution in [0.25, 0.3) is 0 Å². The average Bonchev–Trinajstić information content (AvgIpc) is 3.39. The molecule has 1 heterocycles. The third kappa shape index (κ3) is 10.5. The predicted molar refractivity (Wildman–Crippen MR) is 130 cm³/mol. The molecule has 1 aromatic heterocycles. The topological polar surface area (TPSA) is 157 Å². The number of ether oxygens (including phenoxy) is 3. The highest BCUT2D eigenvalue weighted by Gasteiger charge is 2.28. The summed E-state index contributed by atoms with van der Waals surface area (Å²) < 4.78 is 15.6. The zero-order valence-corrected chi connectivity index (χ0v) is 21.3. The zero-order valence-electron chi connectivity index (χ0n) is 21.3. The summed E-state index contributed by atoms with van der Waals surface area (Å²) in [6.07, 6.45) is -2.37. The molecule has 2 amide bonds. The number of rotatable bonds is 11. The fourth-order valence-electron chi connectivity index (χ4n) is 2.93. The minimum atomic E-state index is -1.30. The molecule has 200 valence electrons. The minimum Gasteiger partial charge on any atom is -0.449 e. The molecule has 1 atom stereocenters. The van der Waals surface area contributed by atoms with E-state index in [4.69, 9.17) is 14.2 Å². The van der Waals surface area contributed by atoms with Gasteiger partial charge in [0.2, 0.25) is 0 Å². The van der Waals surface area contributed by atoms with Gasteiger partial charge >= 0.3 is 18.2 Å². The molecule has 0 aliphatic heterocycles. The number of ketones is 2. The van der Waals surface area contributed by atoms with Gasteiger partial charge in [-0.15, -0.1) is 0 Å². The fourth-order valence-corrected chi connectivity index (χ4v) is 2.93. The molecule has 1 aromatic carbocycles. The van der Waals surface area contributed by atoms with E-state index in [1.165, 1.54) is 12.3 Å². The Morgan fingerprint density at radius 2 is 1.78 bits per heavy atom. The molecule has 2 N–H and O–H groups in total. The van der Waals surface area contributed by atoms with Crippen molar-refractivity contribution in [3.63, 3.8) is 0 Å². The van der Waals surface area contributed by atoms with Gasteiger partial charge in [-0.1, -0.05) is 37.3 Å². The molecule has 0 aliphatic rings. The first-order valence-corrected chi connectivity index (χ1v) is 11.7. The maximum atomic E-state index is 12.7. The summed E-state index contributed by atoms with van der Waals surface area (Å²) in [6, 6.07) is 10.3. The van der Waals surface area contributed by atoms with Crippen LogP contribution in [-0.2, 0) is 30.4 Å².